The van der Waals surface area contributed by atoms with Crippen molar-refractivity contribution >= 4 is 6.09 Å². The maximum absolute atomic E-state index is 12.4. The van der Waals surface area contributed by atoms with Crippen LogP contribution in [0.2, 0.25) is 0 Å². The number of hydrogen-bond donors (Lipinski definition) is 1. The van der Waals surface area contributed by atoms with E-state index in [1.54, 1.807) is 20.8 Å². The van der Waals surface area contributed by atoms with Crippen LogP contribution in [-0.4, -0.2) is 16.7 Å². The minimum atomic E-state index is -4.58. The molecule has 0 saturated heterocycles. The van der Waals surface area contributed by atoms with Gasteiger partial charge in [0.15, 0.2) is 5.75 Å². The summed E-state index contributed by atoms with van der Waals surface area (Å²) in [7, 11) is 0. The highest BCUT2D eigenvalue weighted by atomic mass is 19.4. The first-order chi connectivity index (χ1) is 8.58. The summed E-state index contributed by atoms with van der Waals surface area (Å²) in [6.07, 6.45) is -4.56. The van der Waals surface area contributed by atoms with Gasteiger partial charge in [-0.05, 0) is 20.8 Å². The minimum Gasteiger partial charge on any atom is -0.442 e. The number of nitrogens with zero attached hydrogens (tertiary/aromatic N) is 1. The van der Waals surface area contributed by atoms with Crippen LogP contribution in [0.1, 0.15) is 26.5 Å². The summed E-state index contributed by atoms with van der Waals surface area (Å²) in [5.41, 5.74) is 0.0297. The smallest absolute Gasteiger partial charge is 0.441 e. The van der Waals surface area contributed by atoms with Crippen molar-refractivity contribution in [3.05, 3.63) is 24.0 Å². The molecule has 8 heteroatoms. The van der Waals surface area contributed by atoms with Crippen LogP contribution in [0.15, 0.2) is 18.3 Å². The van der Waals surface area contributed by atoms with Gasteiger partial charge < -0.3 is 9.57 Å². The Hall–Kier alpha value is -1.99. The Morgan fingerprint density at radius 1 is 1.32 bits per heavy atom. The van der Waals surface area contributed by atoms with E-state index in [2.05, 4.69) is 9.82 Å². The number of rotatable bonds is 2. The molecule has 1 N–H and O–H groups in total. The minimum absolute atomic E-state index is 0.201. The number of halogens is 3. The molecule has 19 heavy (non-hydrogen) atoms. The zero-order valence-electron chi connectivity index (χ0n) is 10.5. The van der Waals surface area contributed by atoms with Gasteiger partial charge in [0.2, 0.25) is 0 Å². The van der Waals surface area contributed by atoms with E-state index < -0.39 is 23.6 Å². The second-order valence-corrected chi connectivity index (χ2v) is 4.58. The number of alkyl halides is 3. The Bertz CT molecular complexity index is 455. The van der Waals surface area contributed by atoms with Crippen molar-refractivity contribution in [2.75, 3.05) is 0 Å². The molecule has 1 rings (SSSR count). The van der Waals surface area contributed by atoms with Gasteiger partial charge in [-0.25, -0.2) is 4.79 Å². The summed E-state index contributed by atoms with van der Waals surface area (Å²) < 4.78 is 41.9. The van der Waals surface area contributed by atoms with Crippen molar-refractivity contribution in [1.29, 1.82) is 0 Å². The Labute approximate surface area is 107 Å². The quantitative estimate of drug-likeness (QED) is 0.845. The first-order valence-corrected chi connectivity index (χ1v) is 5.27. The lowest BCUT2D eigenvalue weighted by molar-refractivity contribution is -0.141. The number of amides is 1. The SMILES string of the molecule is CC(C)(C)OC(=O)NOc1ccnc(C(F)(F)F)c1. The van der Waals surface area contributed by atoms with E-state index >= 15 is 0 Å². The number of hydroxylamine groups is 1. The van der Waals surface area contributed by atoms with E-state index in [0.29, 0.717) is 6.07 Å². The molecule has 1 amide bonds. The number of carbonyl (C=O) groups is 1. The molecule has 0 radical (unpaired) electrons. The van der Waals surface area contributed by atoms with Crippen LogP contribution in [0.25, 0.3) is 0 Å². The molecule has 0 unspecified atom stereocenters. The molecule has 1 aromatic heterocycles. The number of aromatic nitrogens is 1. The van der Waals surface area contributed by atoms with Crippen LogP contribution < -0.4 is 10.3 Å². The first kappa shape index (κ1) is 15.1. The highest BCUT2D eigenvalue weighted by molar-refractivity contribution is 5.66. The Morgan fingerprint density at radius 2 is 1.95 bits per heavy atom. The molecule has 0 atom stereocenters. The number of carbonyl (C=O) groups excluding carboxylic acids is 1. The van der Waals surface area contributed by atoms with Crippen LogP contribution in [0, 0.1) is 0 Å². The topological polar surface area (TPSA) is 60.5 Å². The average Bonchev–Trinajstić information content (AvgIpc) is 2.23. The monoisotopic (exact) mass is 278 g/mol. The van der Waals surface area contributed by atoms with Crippen molar-refractivity contribution in [3.63, 3.8) is 0 Å². The van der Waals surface area contributed by atoms with Crippen molar-refractivity contribution in [2.24, 2.45) is 0 Å². The molecule has 0 spiro atoms. The second-order valence-electron chi connectivity index (χ2n) is 4.58. The predicted molar refractivity (Wildman–Crippen MR) is 59.2 cm³/mol. The third-order valence-electron chi connectivity index (χ3n) is 1.67. The van der Waals surface area contributed by atoms with Gasteiger partial charge in [0.05, 0.1) is 0 Å². The van der Waals surface area contributed by atoms with Gasteiger partial charge >= 0.3 is 12.3 Å². The largest absolute Gasteiger partial charge is 0.442 e. The third kappa shape index (κ3) is 5.45. The molecule has 0 aliphatic heterocycles. The predicted octanol–water partition coefficient (Wildman–Crippen LogP) is 2.92. The maximum atomic E-state index is 12.4. The van der Waals surface area contributed by atoms with Gasteiger partial charge in [-0.2, -0.15) is 18.7 Å². The second kappa shape index (κ2) is 5.33. The van der Waals surface area contributed by atoms with E-state index in [1.807, 2.05) is 5.48 Å². The van der Waals surface area contributed by atoms with Crippen LogP contribution in [0.3, 0.4) is 0 Å². The molecule has 106 valence electrons. The van der Waals surface area contributed by atoms with Gasteiger partial charge in [0.1, 0.15) is 11.3 Å². The van der Waals surface area contributed by atoms with E-state index in [4.69, 9.17) is 4.74 Å². The maximum Gasteiger partial charge on any atom is 0.441 e. The number of hydrogen-bond acceptors (Lipinski definition) is 4. The lowest BCUT2D eigenvalue weighted by Gasteiger charge is -2.19. The Morgan fingerprint density at radius 3 is 2.47 bits per heavy atom. The standard InChI is InChI=1S/C11H13F3N2O3/c1-10(2,3)18-9(17)16-19-7-4-5-15-8(6-7)11(12,13)14/h4-6H,1-3H3,(H,16,17). The Balaban J connectivity index is 2.62. The molecule has 0 aliphatic rings. The van der Waals surface area contributed by atoms with Crippen LogP contribution in [0.5, 0.6) is 5.75 Å². The van der Waals surface area contributed by atoms with Crippen molar-refractivity contribution in [3.8, 4) is 5.75 Å². The molecule has 1 heterocycles. The van der Waals surface area contributed by atoms with Crippen molar-refractivity contribution in [1.82, 2.24) is 10.5 Å². The molecule has 5 nitrogen and oxygen atoms in total. The summed E-state index contributed by atoms with van der Waals surface area (Å²) in [4.78, 5) is 19.1. The highest BCUT2D eigenvalue weighted by Crippen LogP contribution is 2.29. The number of nitrogens with one attached hydrogen (secondary N) is 1. The first-order valence-electron chi connectivity index (χ1n) is 5.27. The van der Waals surface area contributed by atoms with Gasteiger partial charge in [-0.1, -0.05) is 0 Å². The van der Waals surface area contributed by atoms with Crippen LogP contribution in [0.4, 0.5) is 18.0 Å². The lowest BCUT2D eigenvalue weighted by Crippen LogP contribution is -2.34. The summed E-state index contributed by atoms with van der Waals surface area (Å²) >= 11 is 0. The molecular formula is C11H13F3N2O3. The van der Waals surface area contributed by atoms with Gasteiger partial charge in [-0.3, -0.25) is 4.98 Å². The fraction of sp³-hybridized carbons (Fsp3) is 0.455. The zero-order chi connectivity index (χ0) is 14.7. The number of ether oxygens (including phenoxy) is 1. The molecule has 0 bridgehead atoms. The fourth-order valence-corrected chi connectivity index (χ4v) is 1.03. The van der Waals surface area contributed by atoms with E-state index in [9.17, 15) is 18.0 Å². The van der Waals surface area contributed by atoms with E-state index in [-0.39, 0.29) is 5.75 Å². The third-order valence-corrected chi connectivity index (χ3v) is 1.67. The average molecular weight is 278 g/mol. The lowest BCUT2D eigenvalue weighted by atomic mass is 10.2. The molecule has 0 fully saturated rings. The van der Waals surface area contributed by atoms with Gasteiger partial charge in [0, 0.05) is 18.3 Å². The van der Waals surface area contributed by atoms with E-state index in [0.717, 1.165) is 6.20 Å². The zero-order valence-corrected chi connectivity index (χ0v) is 10.5. The van der Waals surface area contributed by atoms with Crippen molar-refractivity contribution < 1.29 is 27.5 Å². The van der Waals surface area contributed by atoms with Gasteiger partial charge in [0.25, 0.3) is 0 Å². The summed E-state index contributed by atoms with van der Waals surface area (Å²) in [5.74, 6) is -0.201. The van der Waals surface area contributed by atoms with Crippen molar-refractivity contribution in [2.45, 2.75) is 32.5 Å². The summed E-state index contributed by atoms with van der Waals surface area (Å²) in [5, 5.41) is 0. The normalized spacial score (nSPS) is 11.9. The highest BCUT2D eigenvalue weighted by Gasteiger charge is 2.32. The number of pyridine rings is 1. The molecule has 0 saturated carbocycles. The van der Waals surface area contributed by atoms with E-state index in [1.165, 1.54) is 6.07 Å². The molecule has 0 aromatic carbocycles. The molecule has 1 aromatic rings. The molecule has 0 aliphatic carbocycles. The fourth-order valence-electron chi connectivity index (χ4n) is 1.03. The van der Waals surface area contributed by atoms with Crippen LogP contribution >= 0.6 is 0 Å². The molecular weight excluding hydrogens is 265 g/mol. The van der Waals surface area contributed by atoms with Gasteiger partial charge in [-0.15, -0.1) is 0 Å². The summed E-state index contributed by atoms with van der Waals surface area (Å²) in [6.45, 7) is 4.92. The Kier molecular flexibility index (Phi) is 4.23. The van der Waals surface area contributed by atoms with Crippen LogP contribution in [-0.2, 0) is 10.9 Å². The summed E-state index contributed by atoms with van der Waals surface area (Å²) in [6, 6.07) is 1.84.